The molecule has 19 heavy (non-hydrogen) atoms. The summed E-state index contributed by atoms with van der Waals surface area (Å²) in [6.45, 7) is 7.66. The smallest absolute Gasteiger partial charge is 0.229 e. The predicted molar refractivity (Wildman–Crippen MR) is 78.3 cm³/mol. The molecule has 6 heteroatoms. The van der Waals surface area contributed by atoms with Gasteiger partial charge in [-0.25, -0.2) is 4.98 Å². The summed E-state index contributed by atoms with van der Waals surface area (Å²) in [5, 5.41) is 0.801. The third-order valence-electron chi connectivity index (χ3n) is 2.96. The second kappa shape index (κ2) is 5.63. The summed E-state index contributed by atoms with van der Waals surface area (Å²) in [5.41, 5.74) is 0.693. The Balaban J connectivity index is 2.27. The number of anilines is 1. The molecule has 0 saturated carbocycles. The number of halogens is 1. The molecular weight excluding hydrogens is 310 g/mol. The van der Waals surface area contributed by atoms with Gasteiger partial charge in [-0.15, -0.1) is 0 Å². The van der Waals surface area contributed by atoms with E-state index in [-0.39, 0.29) is 11.7 Å². The van der Waals surface area contributed by atoms with E-state index < -0.39 is 0 Å². The zero-order chi connectivity index (χ0) is 14.0. The number of methoxy groups -OCH3 is 1. The lowest BCUT2D eigenvalue weighted by Gasteiger charge is -2.42. The molecule has 1 atom stereocenters. The number of rotatable bonds is 3. The summed E-state index contributed by atoms with van der Waals surface area (Å²) in [7, 11) is 1.62. The lowest BCUT2D eigenvalue weighted by Crippen LogP contribution is -2.54. The molecule has 0 spiro atoms. The topological polar surface area (TPSA) is 47.5 Å². The first-order chi connectivity index (χ1) is 8.93. The fourth-order valence-corrected chi connectivity index (χ4v) is 2.64. The first kappa shape index (κ1) is 14.5. The van der Waals surface area contributed by atoms with Gasteiger partial charge in [-0.05, 0) is 20.8 Å². The molecular formula is C13H20BrN3O2. The second-order valence-electron chi connectivity index (χ2n) is 5.39. The Morgan fingerprint density at radius 2 is 2.26 bits per heavy atom. The number of nitrogens with zero attached hydrogens (tertiary/aromatic N) is 3. The molecule has 0 bridgehead atoms. The third-order valence-corrected chi connectivity index (χ3v) is 3.69. The fourth-order valence-electron chi connectivity index (χ4n) is 2.30. The van der Waals surface area contributed by atoms with Crippen LogP contribution in [0.4, 0.5) is 5.95 Å². The maximum atomic E-state index is 5.99. The number of hydrogen-bond donors (Lipinski definition) is 0. The van der Waals surface area contributed by atoms with Crippen molar-refractivity contribution in [3.05, 3.63) is 11.8 Å². The SMILES string of the molecule is COc1cc(C)nc(N2CC(CBr)OC(C)(C)C2)n1. The van der Waals surface area contributed by atoms with Crippen LogP contribution in [0.2, 0.25) is 0 Å². The molecule has 2 heterocycles. The van der Waals surface area contributed by atoms with Gasteiger partial charge in [-0.3, -0.25) is 0 Å². The van der Waals surface area contributed by atoms with Crippen LogP contribution in [0.15, 0.2) is 6.07 Å². The van der Waals surface area contributed by atoms with Crippen LogP contribution in [0.3, 0.4) is 0 Å². The number of aromatic nitrogens is 2. The van der Waals surface area contributed by atoms with Crippen molar-refractivity contribution in [2.45, 2.75) is 32.5 Å². The Kier molecular flexibility index (Phi) is 4.30. The summed E-state index contributed by atoms with van der Waals surface area (Å²) >= 11 is 3.49. The molecule has 2 rings (SSSR count). The van der Waals surface area contributed by atoms with E-state index in [0.29, 0.717) is 11.8 Å². The quantitative estimate of drug-likeness (QED) is 0.795. The predicted octanol–water partition coefficient (Wildman–Crippen LogP) is 2.17. The summed E-state index contributed by atoms with van der Waals surface area (Å²) in [6, 6.07) is 1.83. The van der Waals surface area contributed by atoms with Gasteiger partial charge in [0.15, 0.2) is 0 Å². The van der Waals surface area contributed by atoms with Crippen LogP contribution in [0.1, 0.15) is 19.5 Å². The van der Waals surface area contributed by atoms with Crippen molar-refractivity contribution in [3.8, 4) is 5.88 Å². The van der Waals surface area contributed by atoms with Gasteiger partial charge < -0.3 is 14.4 Å². The van der Waals surface area contributed by atoms with Crippen LogP contribution < -0.4 is 9.64 Å². The van der Waals surface area contributed by atoms with Gasteiger partial charge in [-0.1, -0.05) is 15.9 Å². The highest BCUT2D eigenvalue weighted by molar-refractivity contribution is 9.09. The monoisotopic (exact) mass is 329 g/mol. The third kappa shape index (κ3) is 3.57. The summed E-state index contributed by atoms with van der Waals surface area (Å²) in [5.74, 6) is 1.31. The van der Waals surface area contributed by atoms with E-state index in [9.17, 15) is 0 Å². The van der Waals surface area contributed by atoms with Crippen molar-refractivity contribution in [1.82, 2.24) is 9.97 Å². The van der Waals surface area contributed by atoms with Crippen LogP contribution in [0.25, 0.3) is 0 Å². The molecule has 1 aliphatic rings. The van der Waals surface area contributed by atoms with Crippen LogP contribution in [-0.2, 0) is 4.74 Å². The summed E-state index contributed by atoms with van der Waals surface area (Å²) in [4.78, 5) is 11.1. The number of hydrogen-bond acceptors (Lipinski definition) is 5. The Morgan fingerprint density at radius 3 is 2.89 bits per heavy atom. The highest BCUT2D eigenvalue weighted by atomic mass is 79.9. The maximum Gasteiger partial charge on any atom is 0.229 e. The van der Waals surface area contributed by atoms with Gasteiger partial charge >= 0.3 is 0 Å². The van der Waals surface area contributed by atoms with Crippen LogP contribution in [-0.4, -0.2) is 47.2 Å². The number of aryl methyl sites for hydroxylation is 1. The van der Waals surface area contributed by atoms with Crippen molar-refractivity contribution < 1.29 is 9.47 Å². The molecule has 0 aliphatic carbocycles. The largest absolute Gasteiger partial charge is 0.481 e. The molecule has 0 amide bonds. The minimum absolute atomic E-state index is 0.138. The average molecular weight is 330 g/mol. The lowest BCUT2D eigenvalue weighted by molar-refractivity contribution is -0.0728. The van der Waals surface area contributed by atoms with Crippen LogP contribution >= 0.6 is 15.9 Å². The molecule has 1 aliphatic heterocycles. The first-order valence-corrected chi connectivity index (χ1v) is 7.44. The Hall–Kier alpha value is -0.880. The van der Waals surface area contributed by atoms with E-state index in [1.54, 1.807) is 7.11 Å². The van der Waals surface area contributed by atoms with Gasteiger partial charge in [-0.2, -0.15) is 4.98 Å². The fraction of sp³-hybridized carbons (Fsp3) is 0.692. The normalized spacial score (nSPS) is 22.4. The summed E-state index contributed by atoms with van der Waals surface area (Å²) in [6.07, 6.45) is 0.138. The van der Waals surface area contributed by atoms with Gasteiger partial charge in [0.2, 0.25) is 11.8 Å². The molecule has 1 saturated heterocycles. The molecule has 0 aromatic carbocycles. The molecule has 1 aromatic rings. The number of alkyl halides is 1. The van der Waals surface area contributed by atoms with Gasteiger partial charge in [0.25, 0.3) is 0 Å². The van der Waals surface area contributed by atoms with Crippen LogP contribution in [0, 0.1) is 6.92 Å². The van der Waals surface area contributed by atoms with Crippen LogP contribution in [0.5, 0.6) is 5.88 Å². The molecule has 1 aromatic heterocycles. The van der Waals surface area contributed by atoms with E-state index in [2.05, 4.69) is 44.6 Å². The van der Waals surface area contributed by atoms with Gasteiger partial charge in [0.1, 0.15) is 0 Å². The van der Waals surface area contributed by atoms with Crippen molar-refractivity contribution in [2.24, 2.45) is 0 Å². The van der Waals surface area contributed by atoms with E-state index >= 15 is 0 Å². The van der Waals surface area contributed by atoms with E-state index in [1.165, 1.54) is 0 Å². The Morgan fingerprint density at radius 1 is 1.53 bits per heavy atom. The molecule has 106 valence electrons. The average Bonchev–Trinajstić information content (AvgIpc) is 2.36. The minimum Gasteiger partial charge on any atom is -0.481 e. The maximum absolute atomic E-state index is 5.99. The number of ether oxygens (including phenoxy) is 2. The minimum atomic E-state index is -0.211. The Bertz CT molecular complexity index is 454. The Labute approximate surface area is 122 Å². The highest BCUT2D eigenvalue weighted by Gasteiger charge is 2.34. The molecule has 1 unspecified atom stereocenters. The molecule has 5 nitrogen and oxygen atoms in total. The first-order valence-electron chi connectivity index (χ1n) is 6.32. The molecule has 0 radical (unpaired) electrons. The highest BCUT2D eigenvalue weighted by Crippen LogP contribution is 2.26. The standard InChI is InChI=1S/C13H20BrN3O2/c1-9-5-11(18-4)16-12(15-9)17-7-10(6-14)19-13(2,3)8-17/h5,10H,6-8H2,1-4H3. The second-order valence-corrected chi connectivity index (χ2v) is 6.03. The molecule has 1 fully saturated rings. The van der Waals surface area contributed by atoms with E-state index in [4.69, 9.17) is 9.47 Å². The summed E-state index contributed by atoms with van der Waals surface area (Å²) < 4.78 is 11.2. The van der Waals surface area contributed by atoms with Crippen molar-refractivity contribution in [3.63, 3.8) is 0 Å². The van der Waals surface area contributed by atoms with E-state index in [1.807, 2.05) is 13.0 Å². The van der Waals surface area contributed by atoms with Crippen molar-refractivity contribution in [2.75, 3.05) is 30.4 Å². The van der Waals surface area contributed by atoms with Crippen molar-refractivity contribution in [1.29, 1.82) is 0 Å². The molecule has 0 N–H and O–H groups in total. The zero-order valence-corrected chi connectivity index (χ0v) is 13.4. The van der Waals surface area contributed by atoms with Gasteiger partial charge in [0, 0.05) is 30.2 Å². The number of morpholine rings is 1. The van der Waals surface area contributed by atoms with E-state index in [0.717, 1.165) is 24.1 Å². The lowest BCUT2D eigenvalue weighted by atomic mass is 10.1. The zero-order valence-electron chi connectivity index (χ0n) is 11.8. The van der Waals surface area contributed by atoms with Gasteiger partial charge in [0.05, 0.1) is 18.8 Å². The van der Waals surface area contributed by atoms with Crippen molar-refractivity contribution >= 4 is 21.9 Å².